The molecular formula is C28H29N5O2. The molecule has 178 valence electrons. The van der Waals surface area contributed by atoms with Crippen LogP contribution in [0.1, 0.15) is 32.4 Å². The number of aromatic nitrogens is 3. The molecule has 7 heteroatoms. The Morgan fingerprint density at radius 1 is 0.971 bits per heavy atom. The molecule has 35 heavy (non-hydrogen) atoms. The van der Waals surface area contributed by atoms with Gasteiger partial charge in [0.05, 0.1) is 34.3 Å². The largest absolute Gasteiger partial charge is 0.493 e. The first-order valence-corrected chi connectivity index (χ1v) is 12.0. The predicted octanol–water partition coefficient (Wildman–Crippen LogP) is 5.20. The average molecular weight is 468 g/mol. The van der Waals surface area contributed by atoms with Gasteiger partial charge in [-0.1, -0.05) is 6.07 Å². The Labute approximate surface area is 203 Å². The summed E-state index contributed by atoms with van der Waals surface area (Å²) in [7, 11) is 0. The number of hydrogen-bond acceptors (Lipinski definition) is 6. The third kappa shape index (κ3) is 4.02. The number of benzene rings is 3. The zero-order valence-electron chi connectivity index (χ0n) is 19.9. The number of aliphatic hydroxyl groups is 1. The predicted molar refractivity (Wildman–Crippen MR) is 141 cm³/mol. The van der Waals surface area contributed by atoms with Crippen molar-refractivity contribution in [2.45, 2.75) is 38.7 Å². The fourth-order valence-electron chi connectivity index (χ4n) is 4.71. The summed E-state index contributed by atoms with van der Waals surface area (Å²) in [5.74, 6) is 2.11. The van der Waals surface area contributed by atoms with Crippen LogP contribution >= 0.6 is 0 Å². The number of anilines is 2. The van der Waals surface area contributed by atoms with Crippen molar-refractivity contribution in [1.29, 1.82) is 0 Å². The molecular weight excluding hydrogens is 438 g/mol. The Bertz CT molecular complexity index is 1570. The van der Waals surface area contributed by atoms with Crippen molar-refractivity contribution < 1.29 is 9.84 Å². The van der Waals surface area contributed by atoms with E-state index in [-0.39, 0.29) is 0 Å². The minimum atomic E-state index is -0.858. The molecule has 0 unspecified atom stereocenters. The van der Waals surface area contributed by atoms with Gasteiger partial charge in [-0.2, -0.15) is 0 Å². The second kappa shape index (κ2) is 7.85. The van der Waals surface area contributed by atoms with E-state index in [1.165, 1.54) is 12.8 Å². The first-order valence-electron chi connectivity index (χ1n) is 12.0. The van der Waals surface area contributed by atoms with Crippen molar-refractivity contribution in [3.05, 3.63) is 54.2 Å². The molecule has 0 amide bonds. The topological polar surface area (TPSA) is 123 Å². The van der Waals surface area contributed by atoms with E-state index in [1.807, 2.05) is 42.5 Å². The van der Waals surface area contributed by atoms with Crippen molar-refractivity contribution in [3.8, 4) is 17.1 Å². The Morgan fingerprint density at radius 2 is 1.71 bits per heavy atom. The van der Waals surface area contributed by atoms with Gasteiger partial charge in [-0.3, -0.25) is 4.98 Å². The maximum atomic E-state index is 10.4. The van der Waals surface area contributed by atoms with Crippen molar-refractivity contribution in [3.63, 3.8) is 0 Å². The number of ether oxygens (including phenoxy) is 1. The summed E-state index contributed by atoms with van der Waals surface area (Å²) in [5, 5.41) is 13.3. The first kappa shape index (κ1) is 21.7. The number of aromatic amines is 1. The summed E-state index contributed by atoms with van der Waals surface area (Å²) >= 11 is 0. The number of rotatable bonds is 6. The smallest absolute Gasteiger partial charge is 0.142 e. The van der Waals surface area contributed by atoms with E-state index in [9.17, 15) is 5.11 Å². The fraction of sp³-hybridized carbons (Fsp3) is 0.286. The fourth-order valence-corrected chi connectivity index (χ4v) is 4.71. The van der Waals surface area contributed by atoms with Crippen LogP contribution in [0.25, 0.3) is 44.1 Å². The highest BCUT2D eigenvalue weighted by atomic mass is 16.5. The van der Waals surface area contributed by atoms with Gasteiger partial charge in [0.25, 0.3) is 0 Å². The van der Waals surface area contributed by atoms with E-state index in [1.54, 1.807) is 13.8 Å². The lowest BCUT2D eigenvalue weighted by molar-refractivity contribution is 0.0800. The van der Waals surface area contributed by atoms with Crippen molar-refractivity contribution >= 4 is 44.1 Å². The van der Waals surface area contributed by atoms with E-state index in [2.05, 4.69) is 11.1 Å². The van der Waals surface area contributed by atoms with Crippen molar-refractivity contribution in [1.82, 2.24) is 15.0 Å². The summed E-state index contributed by atoms with van der Waals surface area (Å²) in [6.07, 6.45) is 2.92. The number of imidazole rings is 1. The Balaban J connectivity index is 1.61. The molecule has 2 aromatic heterocycles. The highest BCUT2D eigenvalue weighted by Crippen LogP contribution is 2.39. The molecule has 0 atom stereocenters. The standard InChI is InChI=1S/C28H29N5O2/c1-28(2,34)13-16-8-10-19-24(31-16)20-12-17(35-14-15-6-7-15)9-11-18(20)25-26(19)33-27(32-25)23-21(29)4-3-5-22(23)30/h3-5,8-12,15,34H,6-7,13-14,29-30H2,1-2H3,(H,32,33). The lowest BCUT2D eigenvalue weighted by Gasteiger charge is -2.17. The maximum Gasteiger partial charge on any atom is 0.142 e. The van der Waals surface area contributed by atoms with Gasteiger partial charge in [0.15, 0.2) is 0 Å². The number of pyridine rings is 1. The number of nitrogens with zero attached hydrogens (tertiary/aromatic N) is 2. The van der Waals surface area contributed by atoms with Crippen LogP contribution in [-0.4, -0.2) is 32.3 Å². The van der Waals surface area contributed by atoms with Crippen LogP contribution in [0.2, 0.25) is 0 Å². The molecule has 6 N–H and O–H groups in total. The van der Waals surface area contributed by atoms with Gasteiger partial charge in [-0.25, -0.2) is 4.98 Å². The molecule has 5 aromatic rings. The quantitative estimate of drug-likeness (QED) is 0.201. The molecule has 0 radical (unpaired) electrons. The summed E-state index contributed by atoms with van der Waals surface area (Å²) in [4.78, 5) is 13.4. The summed E-state index contributed by atoms with van der Waals surface area (Å²) in [5.41, 5.74) is 16.9. The van der Waals surface area contributed by atoms with Crippen LogP contribution in [0.3, 0.4) is 0 Å². The molecule has 2 heterocycles. The molecule has 0 aliphatic heterocycles. The van der Waals surface area contributed by atoms with Crippen LogP contribution in [-0.2, 0) is 6.42 Å². The van der Waals surface area contributed by atoms with Crippen LogP contribution in [0.5, 0.6) is 5.75 Å². The minimum Gasteiger partial charge on any atom is -0.493 e. The van der Waals surface area contributed by atoms with E-state index in [0.29, 0.717) is 35.1 Å². The summed E-state index contributed by atoms with van der Waals surface area (Å²) in [6, 6.07) is 15.6. The van der Waals surface area contributed by atoms with Gasteiger partial charge in [-0.15, -0.1) is 0 Å². The normalized spacial score (nSPS) is 14.3. The SMILES string of the molecule is CC(C)(O)Cc1ccc2c(n1)c1cc(OCC3CC3)ccc1c1nc(-c3c(N)cccc3N)[nH]c21. The molecule has 3 aromatic carbocycles. The van der Waals surface area contributed by atoms with Gasteiger partial charge < -0.3 is 26.3 Å². The number of nitrogens with one attached hydrogen (secondary N) is 1. The minimum absolute atomic E-state index is 0.450. The summed E-state index contributed by atoms with van der Waals surface area (Å²) < 4.78 is 6.09. The van der Waals surface area contributed by atoms with E-state index < -0.39 is 5.60 Å². The summed E-state index contributed by atoms with van der Waals surface area (Å²) in [6.45, 7) is 4.32. The third-order valence-electron chi connectivity index (χ3n) is 6.59. The highest BCUT2D eigenvalue weighted by molar-refractivity contribution is 6.22. The maximum absolute atomic E-state index is 10.4. The first-order chi connectivity index (χ1) is 16.8. The number of hydrogen-bond donors (Lipinski definition) is 4. The van der Waals surface area contributed by atoms with Gasteiger partial charge in [0.2, 0.25) is 0 Å². The van der Waals surface area contributed by atoms with Gasteiger partial charge in [0, 0.05) is 39.6 Å². The van der Waals surface area contributed by atoms with Crippen molar-refractivity contribution in [2.75, 3.05) is 18.1 Å². The molecule has 1 aliphatic rings. The van der Waals surface area contributed by atoms with Crippen molar-refractivity contribution in [2.24, 2.45) is 5.92 Å². The number of fused-ring (bicyclic) bond motifs is 6. The molecule has 0 saturated heterocycles. The molecule has 0 spiro atoms. The van der Waals surface area contributed by atoms with Gasteiger partial charge in [-0.05, 0) is 75.1 Å². The molecule has 6 rings (SSSR count). The molecule has 7 nitrogen and oxygen atoms in total. The van der Waals surface area contributed by atoms with Crippen LogP contribution in [0.15, 0.2) is 48.5 Å². The van der Waals surface area contributed by atoms with E-state index >= 15 is 0 Å². The molecule has 1 fully saturated rings. The number of nitrogens with two attached hydrogens (primary N) is 2. The Hall–Kier alpha value is -3.84. The lowest BCUT2D eigenvalue weighted by atomic mass is 9.99. The molecule has 0 bridgehead atoms. The number of H-pyrrole nitrogens is 1. The van der Waals surface area contributed by atoms with Gasteiger partial charge >= 0.3 is 0 Å². The molecule has 1 aliphatic carbocycles. The van der Waals surface area contributed by atoms with E-state index in [4.69, 9.17) is 26.2 Å². The Morgan fingerprint density at radius 3 is 2.43 bits per heavy atom. The highest BCUT2D eigenvalue weighted by Gasteiger charge is 2.23. The van der Waals surface area contributed by atoms with Crippen LogP contribution in [0, 0.1) is 5.92 Å². The zero-order chi connectivity index (χ0) is 24.3. The van der Waals surface area contributed by atoms with E-state index in [0.717, 1.165) is 50.8 Å². The van der Waals surface area contributed by atoms with Crippen LogP contribution < -0.4 is 16.2 Å². The van der Waals surface area contributed by atoms with Crippen LogP contribution in [0.4, 0.5) is 11.4 Å². The second-order valence-corrected chi connectivity index (χ2v) is 10.3. The zero-order valence-corrected chi connectivity index (χ0v) is 19.9. The average Bonchev–Trinajstić information content (AvgIpc) is 3.53. The van der Waals surface area contributed by atoms with Gasteiger partial charge in [0.1, 0.15) is 11.6 Å². The number of nitrogen functional groups attached to an aromatic ring is 2. The third-order valence-corrected chi connectivity index (χ3v) is 6.59. The Kier molecular flexibility index (Phi) is 4.86. The monoisotopic (exact) mass is 467 g/mol. The molecule has 1 saturated carbocycles. The second-order valence-electron chi connectivity index (χ2n) is 10.3. The lowest BCUT2D eigenvalue weighted by Crippen LogP contribution is -2.22.